The van der Waals surface area contributed by atoms with E-state index < -0.39 is 8.07 Å². The van der Waals surface area contributed by atoms with Crippen molar-refractivity contribution in [3.05, 3.63) is 0 Å². The van der Waals surface area contributed by atoms with E-state index in [0.29, 0.717) is 0 Å². The van der Waals surface area contributed by atoms with Crippen molar-refractivity contribution in [1.82, 2.24) is 0 Å². The van der Waals surface area contributed by atoms with Crippen LogP contribution in [0.1, 0.15) is 71.6 Å². The first kappa shape index (κ1) is 17.9. The lowest BCUT2D eigenvalue weighted by atomic mass is 10.1. The maximum absolute atomic E-state index is 2.69. The van der Waals surface area contributed by atoms with E-state index in [-0.39, 0.29) is 0 Å². The van der Waals surface area contributed by atoms with E-state index in [1.165, 1.54) is 57.8 Å². The average molecular weight is 368 g/mol. The molecule has 0 radical (unpaired) electrons. The number of alkyl halides is 1. The molecule has 0 aromatic carbocycles. The van der Waals surface area contributed by atoms with Crippen molar-refractivity contribution in [2.24, 2.45) is 0 Å². The molecule has 1 unspecified atom stereocenters. The molecule has 0 aliphatic carbocycles. The second-order valence-corrected chi connectivity index (χ2v) is 13.9. The Labute approximate surface area is 124 Å². The normalized spacial score (nSPS) is 13.9. The molecule has 0 aliphatic rings. The van der Waals surface area contributed by atoms with Crippen molar-refractivity contribution in [2.45, 2.75) is 94.3 Å². The van der Waals surface area contributed by atoms with Crippen molar-refractivity contribution in [3.63, 3.8) is 0 Å². The lowest BCUT2D eigenvalue weighted by Crippen LogP contribution is -2.36. The molecule has 0 saturated carbocycles. The van der Waals surface area contributed by atoms with Crippen molar-refractivity contribution < 1.29 is 0 Å². The molecule has 0 fully saturated rings. The van der Waals surface area contributed by atoms with E-state index in [0.717, 1.165) is 3.55 Å². The first-order chi connectivity index (χ1) is 8.04. The monoisotopic (exact) mass is 368 g/mol. The van der Waals surface area contributed by atoms with E-state index in [1.807, 2.05) is 0 Å². The zero-order valence-electron chi connectivity index (χ0n) is 12.5. The Hall–Kier alpha value is 0.947. The lowest BCUT2D eigenvalue weighted by Gasteiger charge is -2.27. The van der Waals surface area contributed by atoms with E-state index in [4.69, 9.17) is 0 Å². The maximum Gasteiger partial charge on any atom is 0.0615 e. The standard InChI is InChI=1S/C15H33ISi/c1-5-7-8-9-10-11-12-13-14-17(3,4)15(16)6-2/h15H,5-14H2,1-4H3. The predicted molar refractivity (Wildman–Crippen MR) is 93.0 cm³/mol. The average Bonchev–Trinajstić information content (AvgIpc) is 2.31. The van der Waals surface area contributed by atoms with Crippen LogP contribution < -0.4 is 0 Å². The Bertz CT molecular complexity index is 168. The van der Waals surface area contributed by atoms with Crippen molar-refractivity contribution in [1.29, 1.82) is 0 Å². The van der Waals surface area contributed by atoms with Gasteiger partial charge in [0.15, 0.2) is 0 Å². The molecule has 0 heterocycles. The van der Waals surface area contributed by atoms with Gasteiger partial charge in [-0.25, -0.2) is 0 Å². The highest BCUT2D eigenvalue weighted by Gasteiger charge is 2.27. The van der Waals surface area contributed by atoms with E-state index >= 15 is 0 Å². The molecule has 0 N–H and O–H groups in total. The van der Waals surface area contributed by atoms with Crippen LogP contribution in [-0.2, 0) is 0 Å². The van der Waals surface area contributed by atoms with E-state index in [2.05, 4.69) is 49.5 Å². The number of unbranched alkanes of at least 4 members (excludes halogenated alkanes) is 7. The SMILES string of the molecule is CCCCCCCCCC[Si](C)(C)C(I)CC. The van der Waals surface area contributed by atoms with Crippen molar-refractivity contribution in [2.75, 3.05) is 0 Å². The molecule has 0 amide bonds. The smallest absolute Gasteiger partial charge is 0.0615 e. The van der Waals surface area contributed by atoms with Crippen LogP contribution in [0.5, 0.6) is 0 Å². The van der Waals surface area contributed by atoms with Gasteiger partial charge in [0.05, 0.1) is 8.07 Å². The number of hydrogen-bond acceptors (Lipinski definition) is 0. The van der Waals surface area contributed by atoms with Crippen LogP contribution in [0, 0.1) is 0 Å². The second kappa shape index (κ2) is 10.8. The summed E-state index contributed by atoms with van der Waals surface area (Å²) in [6.45, 7) is 9.80. The lowest BCUT2D eigenvalue weighted by molar-refractivity contribution is 0.583. The first-order valence-electron chi connectivity index (χ1n) is 7.68. The number of halogens is 1. The van der Waals surface area contributed by atoms with Crippen LogP contribution in [0.2, 0.25) is 19.1 Å². The third-order valence-corrected chi connectivity index (χ3v) is 13.6. The Balaban J connectivity index is 3.38. The minimum atomic E-state index is -0.901. The van der Waals surface area contributed by atoms with Gasteiger partial charge in [-0.15, -0.1) is 0 Å². The van der Waals surface area contributed by atoms with Gasteiger partial charge in [-0.2, -0.15) is 0 Å². The third-order valence-electron chi connectivity index (χ3n) is 3.88. The zero-order valence-corrected chi connectivity index (χ0v) is 15.7. The van der Waals surface area contributed by atoms with Gasteiger partial charge >= 0.3 is 0 Å². The van der Waals surface area contributed by atoms with Gasteiger partial charge in [0.1, 0.15) is 0 Å². The largest absolute Gasteiger partial charge is 0.0861 e. The van der Waals surface area contributed by atoms with Crippen LogP contribution in [0.25, 0.3) is 0 Å². The van der Waals surface area contributed by atoms with Gasteiger partial charge in [-0.3, -0.25) is 0 Å². The highest BCUT2D eigenvalue weighted by atomic mass is 127. The van der Waals surface area contributed by atoms with Gasteiger partial charge in [0, 0.05) is 3.55 Å². The Kier molecular flexibility index (Phi) is 11.4. The molecule has 104 valence electrons. The minimum absolute atomic E-state index is 0.901. The van der Waals surface area contributed by atoms with Crippen LogP contribution >= 0.6 is 22.6 Å². The molecule has 2 heteroatoms. The second-order valence-electron chi connectivity index (χ2n) is 6.09. The fourth-order valence-electron chi connectivity index (χ4n) is 2.42. The molecule has 17 heavy (non-hydrogen) atoms. The van der Waals surface area contributed by atoms with Gasteiger partial charge in [-0.1, -0.05) is 107 Å². The van der Waals surface area contributed by atoms with Crippen LogP contribution in [-0.4, -0.2) is 11.6 Å². The molecule has 0 rings (SSSR count). The molecule has 0 spiro atoms. The summed E-state index contributed by atoms with van der Waals surface area (Å²) >= 11 is 2.69. The molecule has 0 aliphatic heterocycles. The molecular formula is C15H33ISi. The Morgan fingerprint density at radius 3 is 1.76 bits per heavy atom. The molecule has 0 saturated heterocycles. The fourth-order valence-corrected chi connectivity index (χ4v) is 5.94. The summed E-state index contributed by atoms with van der Waals surface area (Å²) in [6, 6.07) is 1.55. The molecule has 0 nitrogen and oxygen atoms in total. The summed E-state index contributed by atoms with van der Waals surface area (Å²) in [7, 11) is -0.901. The summed E-state index contributed by atoms with van der Waals surface area (Å²) in [4.78, 5) is 0. The summed E-state index contributed by atoms with van der Waals surface area (Å²) < 4.78 is 0.977. The Morgan fingerprint density at radius 1 is 0.824 bits per heavy atom. The molecule has 1 atom stereocenters. The van der Waals surface area contributed by atoms with E-state index in [9.17, 15) is 0 Å². The van der Waals surface area contributed by atoms with Gasteiger partial charge in [0.25, 0.3) is 0 Å². The highest BCUT2D eigenvalue weighted by Crippen LogP contribution is 2.26. The number of hydrogen-bond donors (Lipinski definition) is 0. The Morgan fingerprint density at radius 2 is 1.29 bits per heavy atom. The van der Waals surface area contributed by atoms with E-state index in [1.54, 1.807) is 6.04 Å². The molecular weight excluding hydrogens is 335 g/mol. The summed E-state index contributed by atoms with van der Waals surface area (Å²) in [6.07, 6.45) is 13.0. The fraction of sp³-hybridized carbons (Fsp3) is 1.00. The van der Waals surface area contributed by atoms with Crippen LogP contribution in [0.3, 0.4) is 0 Å². The third kappa shape index (κ3) is 9.52. The maximum atomic E-state index is 2.69. The van der Waals surface area contributed by atoms with Crippen molar-refractivity contribution in [3.8, 4) is 0 Å². The summed E-state index contributed by atoms with van der Waals surface area (Å²) in [5.41, 5.74) is 0. The summed E-state index contributed by atoms with van der Waals surface area (Å²) in [5, 5.41) is 0. The molecule has 0 aromatic rings. The van der Waals surface area contributed by atoms with Gasteiger partial charge in [0.2, 0.25) is 0 Å². The number of rotatable bonds is 11. The minimum Gasteiger partial charge on any atom is -0.0861 e. The topological polar surface area (TPSA) is 0 Å². The zero-order chi connectivity index (χ0) is 13.1. The predicted octanol–water partition coefficient (Wildman–Crippen LogP) is 6.59. The highest BCUT2D eigenvalue weighted by molar-refractivity contribution is 14.1. The van der Waals surface area contributed by atoms with Gasteiger partial charge in [-0.05, 0) is 6.42 Å². The van der Waals surface area contributed by atoms with Gasteiger partial charge < -0.3 is 0 Å². The first-order valence-corrected chi connectivity index (χ1v) is 12.2. The summed E-state index contributed by atoms with van der Waals surface area (Å²) in [5.74, 6) is 0. The van der Waals surface area contributed by atoms with Crippen molar-refractivity contribution >= 4 is 30.7 Å². The molecule has 0 bridgehead atoms. The molecule has 0 aromatic heterocycles. The van der Waals surface area contributed by atoms with Crippen LogP contribution in [0.4, 0.5) is 0 Å². The quantitative estimate of drug-likeness (QED) is 0.167. The van der Waals surface area contributed by atoms with Crippen LogP contribution in [0.15, 0.2) is 0 Å².